The Morgan fingerprint density at radius 2 is 1.82 bits per heavy atom. The fourth-order valence-corrected chi connectivity index (χ4v) is 3.63. The largest absolute Gasteiger partial charge is 0.489 e. The molecule has 0 aliphatic heterocycles. The molecule has 6 heteroatoms. The number of carbonyl (C=O) groups is 1. The predicted molar refractivity (Wildman–Crippen MR) is 127 cm³/mol. The lowest BCUT2D eigenvalue weighted by Crippen LogP contribution is -2.13. The summed E-state index contributed by atoms with van der Waals surface area (Å²) in [4.78, 5) is 12.8. The minimum absolute atomic E-state index is 0.265. The lowest BCUT2D eigenvalue weighted by molar-refractivity contribution is 0.102. The molecule has 1 N–H and O–H groups in total. The molecule has 0 bridgehead atoms. The van der Waals surface area contributed by atoms with Crippen LogP contribution in [0, 0.1) is 26.6 Å². The van der Waals surface area contributed by atoms with Crippen molar-refractivity contribution in [2.75, 3.05) is 5.32 Å². The standard InChI is InChI=1S/C27H26FN3O2/c1-18-11-12-25(19(2)13-18)33-17-21-7-6-9-22(15-21)27(32)29-26-14-20(3)31(30-26)16-23-8-4-5-10-24(23)28/h4-15H,16-17H2,1-3H3,(H,29,30,32). The summed E-state index contributed by atoms with van der Waals surface area (Å²) in [6, 6.07) is 21.7. The molecule has 3 aromatic carbocycles. The highest BCUT2D eigenvalue weighted by Gasteiger charge is 2.12. The molecule has 0 saturated heterocycles. The third-order valence-corrected chi connectivity index (χ3v) is 5.41. The lowest BCUT2D eigenvalue weighted by atomic mass is 10.1. The summed E-state index contributed by atoms with van der Waals surface area (Å²) in [6.07, 6.45) is 0. The van der Waals surface area contributed by atoms with Crippen molar-refractivity contribution in [3.63, 3.8) is 0 Å². The third-order valence-electron chi connectivity index (χ3n) is 5.41. The van der Waals surface area contributed by atoms with Gasteiger partial charge in [-0.2, -0.15) is 5.10 Å². The van der Waals surface area contributed by atoms with Gasteiger partial charge in [-0.25, -0.2) is 4.39 Å². The fourth-order valence-electron chi connectivity index (χ4n) is 3.63. The summed E-state index contributed by atoms with van der Waals surface area (Å²) < 4.78 is 21.6. The Balaban J connectivity index is 1.42. The molecule has 0 spiro atoms. The first-order chi connectivity index (χ1) is 15.9. The Morgan fingerprint density at radius 1 is 1.00 bits per heavy atom. The Labute approximate surface area is 192 Å². The number of nitrogens with zero attached hydrogens (tertiary/aromatic N) is 2. The van der Waals surface area contributed by atoms with Gasteiger partial charge in [-0.05, 0) is 56.2 Å². The van der Waals surface area contributed by atoms with Crippen molar-refractivity contribution in [3.8, 4) is 5.75 Å². The van der Waals surface area contributed by atoms with Crippen LogP contribution < -0.4 is 10.1 Å². The lowest BCUT2D eigenvalue weighted by Gasteiger charge is -2.11. The number of amides is 1. The van der Waals surface area contributed by atoms with E-state index < -0.39 is 0 Å². The Hall–Kier alpha value is -3.93. The van der Waals surface area contributed by atoms with Crippen LogP contribution in [0.5, 0.6) is 5.75 Å². The molecule has 33 heavy (non-hydrogen) atoms. The molecule has 0 saturated carbocycles. The van der Waals surface area contributed by atoms with Crippen molar-refractivity contribution in [2.45, 2.75) is 33.9 Å². The summed E-state index contributed by atoms with van der Waals surface area (Å²) in [5, 5.41) is 7.25. The van der Waals surface area contributed by atoms with Crippen molar-refractivity contribution in [3.05, 3.63) is 112 Å². The maximum atomic E-state index is 14.0. The molecule has 168 valence electrons. The molecule has 0 radical (unpaired) electrons. The number of ether oxygens (including phenoxy) is 1. The van der Waals surface area contributed by atoms with Crippen LogP contribution in [0.3, 0.4) is 0 Å². The van der Waals surface area contributed by atoms with Crippen LogP contribution in [-0.4, -0.2) is 15.7 Å². The number of halogens is 1. The summed E-state index contributed by atoms with van der Waals surface area (Å²) >= 11 is 0. The van der Waals surface area contributed by atoms with Crippen molar-refractivity contribution in [1.29, 1.82) is 0 Å². The molecule has 1 heterocycles. The minimum atomic E-state index is -0.280. The molecular formula is C27H26FN3O2. The van der Waals surface area contributed by atoms with Gasteiger partial charge in [0.2, 0.25) is 0 Å². The first kappa shape index (κ1) is 22.3. The van der Waals surface area contributed by atoms with E-state index >= 15 is 0 Å². The minimum Gasteiger partial charge on any atom is -0.489 e. The van der Waals surface area contributed by atoms with Crippen LogP contribution in [0.25, 0.3) is 0 Å². The molecule has 0 unspecified atom stereocenters. The molecule has 0 atom stereocenters. The van der Waals surface area contributed by atoms with E-state index in [1.165, 1.54) is 11.6 Å². The highest BCUT2D eigenvalue weighted by molar-refractivity contribution is 6.03. The number of benzene rings is 3. The Bertz CT molecular complexity index is 1300. The zero-order valence-corrected chi connectivity index (χ0v) is 18.9. The number of aromatic nitrogens is 2. The van der Waals surface area contributed by atoms with Crippen molar-refractivity contribution in [2.24, 2.45) is 0 Å². The molecule has 0 aliphatic rings. The van der Waals surface area contributed by atoms with Crippen LogP contribution in [0.2, 0.25) is 0 Å². The number of hydrogen-bond acceptors (Lipinski definition) is 3. The number of aryl methyl sites for hydroxylation is 3. The zero-order valence-electron chi connectivity index (χ0n) is 18.9. The van der Waals surface area contributed by atoms with E-state index in [2.05, 4.69) is 16.5 Å². The first-order valence-electron chi connectivity index (χ1n) is 10.8. The van der Waals surface area contributed by atoms with E-state index in [1.807, 2.05) is 51.1 Å². The van der Waals surface area contributed by atoms with Crippen LogP contribution in [0.15, 0.2) is 72.8 Å². The second-order valence-electron chi connectivity index (χ2n) is 8.13. The fraction of sp³-hybridized carbons (Fsp3) is 0.185. The molecule has 4 aromatic rings. The van der Waals surface area contributed by atoms with Crippen LogP contribution in [-0.2, 0) is 13.2 Å². The van der Waals surface area contributed by atoms with Crippen LogP contribution in [0.1, 0.15) is 38.3 Å². The van der Waals surface area contributed by atoms with Gasteiger partial charge in [0.05, 0.1) is 6.54 Å². The van der Waals surface area contributed by atoms with E-state index in [9.17, 15) is 9.18 Å². The summed E-state index contributed by atoms with van der Waals surface area (Å²) in [6.45, 7) is 6.58. The van der Waals surface area contributed by atoms with Gasteiger partial charge >= 0.3 is 0 Å². The van der Waals surface area contributed by atoms with Crippen molar-refractivity contribution >= 4 is 11.7 Å². The molecule has 5 nitrogen and oxygen atoms in total. The highest BCUT2D eigenvalue weighted by atomic mass is 19.1. The van der Waals surface area contributed by atoms with Crippen molar-refractivity contribution < 1.29 is 13.9 Å². The Kier molecular flexibility index (Phi) is 6.54. The normalized spacial score (nSPS) is 10.8. The summed E-state index contributed by atoms with van der Waals surface area (Å²) in [5.74, 6) is 0.703. The van der Waals surface area contributed by atoms with E-state index in [4.69, 9.17) is 4.74 Å². The second kappa shape index (κ2) is 9.69. The quantitative estimate of drug-likeness (QED) is 0.391. The predicted octanol–water partition coefficient (Wildman–Crippen LogP) is 5.83. The average molecular weight is 444 g/mol. The SMILES string of the molecule is Cc1ccc(OCc2cccc(C(=O)Nc3cc(C)n(Cc4ccccc4F)n3)c2)c(C)c1. The summed E-state index contributed by atoms with van der Waals surface area (Å²) in [5.41, 5.74) is 5.03. The van der Waals surface area contributed by atoms with Crippen LogP contribution >= 0.6 is 0 Å². The average Bonchev–Trinajstić information content (AvgIpc) is 3.13. The second-order valence-corrected chi connectivity index (χ2v) is 8.13. The monoisotopic (exact) mass is 443 g/mol. The number of carbonyl (C=O) groups excluding carboxylic acids is 1. The molecule has 1 aromatic heterocycles. The van der Waals surface area contributed by atoms with Gasteiger partial charge in [-0.3, -0.25) is 9.48 Å². The zero-order chi connectivity index (χ0) is 23.4. The number of hydrogen-bond donors (Lipinski definition) is 1. The van der Waals surface area contributed by atoms with E-state index in [1.54, 1.807) is 35.0 Å². The van der Waals surface area contributed by atoms with Gasteiger partial charge in [0, 0.05) is 22.9 Å². The van der Waals surface area contributed by atoms with Gasteiger partial charge < -0.3 is 10.1 Å². The first-order valence-corrected chi connectivity index (χ1v) is 10.8. The van der Waals surface area contributed by atoms with Gasteiger partial charge in [-0.15, -0.1) is 0 Å². The van der Waals surface area contributed by atoms with E-state index in [-0.39, 0.29) is 11.7 Å². The van der Waals surface area contributed by atoms with Crippen LogP contribution in [0.4, 0.5) is 10.2 Å². The van der Waals surface area contributed by atoms with E-state index in [0.29, 0.717) is 30.1 Å². The molecular weight excluding hydrogens is 417 g/mol. The number of anilines is 1. The highest BCUT2D eigenvalue weighted by Crippen LogP contribution is 2.21. The van der Waals surface area contributed by atoms with Crippen molar-refractivity contribution in [1.82, 2.24) is 9.78 Å². The molecule has 0 aliphatic carbocycles. The topological polar surface area (TPSA) is 56.1 Å². The molecule has 1 amide bonds. The maximum absolute atomic E-state index is 14.0. The van der Waals surface area contributed by atoms with E-state index in [0.717, 1.165) is 22.6 Å². The van der Waals surface area contributed by atoms with Gasteiger partial charge in [-0.1, -0.05) is 48.0 Å². The summed E-state index contributed by atoms with van der Waals surface area (Å²) in [7, 11) is 0. The number of nitrogens with one attached hydrogen (secondary N) is 1. The van der Waals surface area contributed by atoms with Gasteiger partial charge in [0.15, 0.2) is 5.82 Å². The maximum Gasteiger partial charge on any atom is 0.256 e. The van der Waals surface area contributed by atoms with Gasteiger partial charge in [0.25, 0.3) is 5.91 Å². The molecule has 4 rings (SSSR count). The van der Waals surface area contributed by atoms with Gasteiger partial charge in [0.1, 0.15) is 18.2 Å². The third kappa shape index (κ3) is 5.47. The smallest absolute Gasteiger partial charge is 0.256 e. The Morgan fingerprint density at radius 3 is 2.61 bits per heavy atom. The number of rotatable bonds is 7. The molecule has 0 fully saturated rings.